The summed E-state index contributed by atoms with van der Waals surface area (Å²) in [6, 6.07) is -0.104. The molecule has 20 heavy (non-hydrogen) atoms. The van der Waals surface area contributed by atoms with Crippen LogP contribution in [0.2, 0.25) is 0 Å². The molecule has 1 heterocycles. The third kappa shape index (κ3) is 2.09. The first kappa shape index (κ1) is 12.8. The minimum Gasteiger partial charge on any atom is -0.338 e. The van der Waals surface area contributed by atoms with Crippen LogP contribution in [0.5, 0.6) is 0 Å². The van der Waals surface area contributed by atoms with E-state index in [2.05, 4.69) is 10.1 Å². The minimum atomic E-state index is -0.104. The molecule has 1 aromatic heterocycles. The van der Waals surface area contributed by atoms with Crippen LogP contribution in [0.3, 0.4) is 0 Å². The third-order valence-electron chi connectivity index (χ3n) is 5.94. The van der Waals surface area contributed by atoms with Gasteiger partial charge in [-0.2, -0.15) is 4.98 Å². The summed E-state index contributed by atoms with van der Waals surface area (Å²) < 4.78 is 5.35. The molecule has 4 nitrogen and oxygen atoms in total. The first-order valence-corrected chi connectivity index (χ1v) is 8.24. The lowest BCUT2D eigenvalue weighted by Crippen LogP contribution is -2.47. The van der Waals surface area contributed by atoms with Gasteiger partial charge in [0.05, 0.1) is 6.04 Å². The van der Waals surface area contributed by atoms with Crippen LogP contribution in [0.1, 0.15) is 69.6 Å². The van der Waals surface area contributed by atoms with Crippen LogP contribution >= 0.6 is 0 Å². The number of hydrogen-bond donors (Lipinski definition) is 1. The molecule has 4 heteroatoms. The molecule has 2 N–H and O–H groups in total. The Morgan fingerprint density at radius 3 is 2.35 bits per heavy atom. The van der Waals surface area contributed by atoms with Gasteiger partial charge in [0.2, 0.25) is 5.89 Å². The average molecular weight is 275 g/mol. The highest BCUT2D eigenvalue weighted by Crippen LogP contribution is 2.60. The van der Waals surface area contributed by atoms with Crippen LogP contribution in [-0.4, -0.2) is 10.1 Å². The molecule has 0 spiro atoms. The standard InChI is InChI=1S/C16H25N3O/c1-2-13(17)15-18-14(19-20-15)9-16-6-10-3-11(7-16)5-12(4-10)8-16/h10-13H,2-9,17H2,1H3. The maximum atomic E-state index is 5.97. The fourth-order valence-electron chi connectivity index (χ4n) is 5.51. The predicted octanol–water partition coefficient (Wildman–Crippen LogP) is 3.24. The molecule has 4 aliphatic rings. The SMILES string of the molecule is CCC(N)c1nc(CC23CC4CC(CC(C4)C2)C3)no1. The monoisotopic (exact) mass is 275 g/mol. The molecule has 4 aliphatic carbocycles. The summed E-state index contributed by atoms with van der Waals surface area (Å²) in [5.41, 5.74) is 6.45. The molecule has 0 aliphatic heterocycles. The summed E-state index contributed by atoms with van der Waals surface area (Å²) in [7, 11) is 0. The number of nitrogens with zero attached hydrogens (tertiary/aromatic N) is 2. The fraction of sp³-hybridized carbons (Fsp3) is 0.875. The molecule has 0 radical (unpaired) electrons. The quantitative estimate of drug-likeness (QED) is 0.916. The summed E-state index contributed by atoms with van der Waals surface area (Å²) in [5, 5.41) is 4.20. The second-order valence-corrected chi connectivity index (χ2v) is 7.66. The van der Waals surface area contributed by atoms with Crippen LogP contribution in [0.25, 0.3) is 0 Å². The minimum absolute atomic E-state index is 0.104. The molecule has 5 rings (SSSR count). The molecule has 1 aromatic rings. The van der Waals surface area contributed by atoms with E-state index in [4.69, 9.17) is 10.3 Å². The second-order valence-electron chi connectivity index (χ2n) is 7.66. The highest BCUT2D eigenvalue weighted by molar-refractivity contribution is 5.05. The number of hydrogen-bond acceptors (Lipinski definition) is 4. The topological polar surface area (TPSA) is 64.9 Å². The molecule has 4 saturated carbocycles. The van der Waals surface area contributed by atoms with E-state index in [9.17, 15) is 0 Å². The Morgan fingerprint density at radius 2 is 1.80 bits per heavy atom. The van der Waals surface area contributed by atoms with Gasteiger partial charge >= 0.3 is 0 Å². The molecular weight excluding hydrogens is 250 g/mol. The van der Waals surface area contributed by atoms with Crippen LogP contribution in [-0.2, 0) is 6.42 Å². The van der Waals surface area contributed by atoms with E-state index < -0.39 is 0 Å². The number of aromatic nitrogens is 2. The van der Waals surface area contributed by atoms with Gasteiger partial charge in [0.1, 0.15) is 0 Å². The zero-order valence-corrected chi connectivity index (χ0v) is 12.3. The van der Waals surface area contributed by atoms with Crippen molar-refractivity contribution in [2.75, 3.05) is 0 Å². The van der Waals surface area contributed by atoms with Crippen molar-refractivity contribution in [1.82, 2.24) is 10.1 Å². The zero-order valence-electron chi connectivity index (χ0n) is 12.3. The van der Waals surface area contributed by atoms with Crippen molar-refractivity contribution in [3.8, 4) is 0 Å². The van der Waals surface area contributed by atoms with E-state index >= 15 is 0 Å². The van der Waals surface area contributed by atoms with E-state index in [-0.39, 0.29) is 6.04 Å². The highest BCUT2D eigenvalue weighted by Gasteiger charge is 2.51. The lowest BCUT2D eigenvalue weighted by Gasteiger charge is -2.56. The first-order valence-electron chi connectivity index (χ1n) is 8.24. The summed E-state index contributed by atoms with van der Waals surface area (Å²) >= 11 is 0. The first-order chi connectivity index (χ1) is 9.66. The number of nitrogens with two attached hydrogens (primary N) is 1. The van der Waals surface area contributed by atoms with Crippen molar-refractivity contribution in [2.45, 2.75) is 64.3 Å². The summed E-state index contributed by atoms with van der Waals surface area (Å²) in [4.78, 5) is 4.55. The number of rotatable bonds is 4. The van der Waals surface area contributed by atoms with E-state index in [1.807, 2.05) is 6.92 Å². The molecule has 0 saturated heterocycles. The maximum Gasteiger partial charge on any atom is 0.243 e. The molecule has 4 bridgehead atoms. The lowest BCUT2D eigenvalue weighted by atomic mass is 9.49. The fourth-order valence-corrected chi connectivity index (χ4v) is 5.51. The van der Waals surface area contributed by atoms with Crippen LogP contribution in [0.4, 0.5) is 0 Å². The van der Waals surface area contributed by atoms with E-state index in [1.54, 1.807) is 0 Å². The van der Waals surface area contributed by atoms with Gasteiger partial charge in [-0.05, 0) is 68.1 Å². The Balaban J connectivity index is 1.52. The van der Waals surface area contributed by atoms with Crippen LogP contribution in [0, 0.1) is 23.2 Å². The normalized spacial score (nSPS) is 40.2. The van der Waals surface area contributed by atoms with Crippen molar-refractivity contribution in [3.63, 3.8) is 0 Å². The average Bonchev–Trinajstić information content (AvgIpc) is 2.83. The van der Waals surface area contributed by atoms with E-state index in [1.165, 1.54) is 38.5 Å². The molecule has 110 valence electrons. The Morgan fingerprint density at radius 1 is 1.20 bits per heavy atom. The van der Waals surface area contributed by atoms with Gasteiger partial charge in [-0.3, -0.25) is 0 Å². The molecule has 0 amide bonds. The molecule has 0 aromatic carbocycles. The third-order valence-corrected chi connectivity index (χ3v) is 5.94. The van der Waals surface area contributed by atoms with Crippen molar-refractivity contribution in [2.24, 2.45) is 28.9 Å². The van der Waals surface area contributed by atoms with Crippen molar-refractivity contribution < 1.29 is 4.52 Å². The smallest absolute Gasteiger partial charge is 0.243 e. The van der Waals surface area contributed by atoms with Gasteiger partial charge in [-0.25, -0.2) is 0 Å². The molecule has 1 unspecified atom stereocenters. The van der Waals surface area contributed by atoms with Gasteiger partial charge < -0.3 is 10.3 Å². The summed E-state index contributed by atoms with van der Waals surface area (Å²) in [6.07, 6.45) is 10.5. The summed E-state index contributed by atoms with van der Waals surface area (Å²) in [6.45, 7) is 2.05. The molecular formula is C16H25N3O. The van der Waals surface area contributed by atoms with Crippen molar-refractivity contribution in [3.05, 3.63) is 11.7 Å². The van der Waals surface area contributed by atoms with E-state index in [0.29, 0.717) is 11.3 Å². The lowest BCUT2D eigenvalue weighted by molar-refractivity contribution is -0.0533. The van der Waals surface area contributed by atoms with Gasteiger partial charge in [-0.15, -0.1) is 0 Å². The van der Waals surface area contributed by atoms with Gasteiger partial charge in [0.15, 0.2) is 5.82 Å². The van der Waals surface area contributed by atoms with Gasteiger partial charge in [-0.1, -0.05) is 12.1 Å². The molecule has 1 atom stereocenters. The van der Waals surface area contributed by atoms with Crippen molar-refractivity contribution in [1.29, 1.82) is 0 Å². The van der Waals surface area contributed by atoms with Crippen molar-refractivity contribution >= 4 is 0 Å². The van der Waals surface area contributed by atoms with Gasteiger partial charge in [0.25, 0.3) is 0 Å². The van der Waals surface area contributed by atoms with Crippen LogP contribution < -0.4 is 5.73 Å². The largest absolute Gasteiger partial charge is 0.338 e. The Bertz CT molecular complexity index is 460. The zero-order chi connectivity index (χ0) is 13.7. The maximum absolute atomic E-state index is 5.97. The predicted molar refractivity (Wildman–Crippen MR) is 75.8 cm³/mol. The van der Waals surface area contributed by atoms with Crippen LogP contribution in [0.15, 0.2) is 4.52 Å². The molecule has 4 fully saturated rings. The highest BCUT2D eigenvalue weighted by atomic mass is 16.5. The Kier molecular flexibility index (Phi) is 2.92. The van der Waals surface area contributed by atoms with Gasteiger partial charge in [0, 0.05) is 6.42 Å². The Labute approximate surface area is 120 Å². The van der Waals surface area contributed by atoms with E-state index in [0.717, 1.165) is 36.4 Å². The second kappa shape index (κ2) is 4.55. The summed E-state index contributed by atoms with van der Waals surface area (Å²) in [5.74, 6) is 4.44. The Hall–Kier alpha value is -0.900.